The smallest absolute Gasteiger partial charge is 0.277 e. The molecule has 170 valence electrons. The topological polar surface area (TPSA) is 161 Å². The van der Waals surface area contributed by atoms with E-state index in [1.807, 2.05) is 6.07 Å². The summed E-state index contributed by atoms with van der Waals surface area (Å²) in [6.45, 7) is 1.67. The van der Waals surface area contributed by atoms with Crippen molar-refractivity contribution in [3.63, 3.8) is 0 Å². The molecule has 0 fully saturated rings. The molecule has 4 aromatic rings. The van der Waals surface area contributed by atoms with Crippen molar-refractivity contribution in [2.75, 3.05) is 0 Å². The minimum Gasteiger partial charge on any atom is -0.369 e. The van der Waals surface area contributed by atoms with Crippen molar-refractivity contribution < 1.29 is 9.72 Å². The third-order valence-electron chi connectivity index (χ3n) is 5.40. The molecule has 0 saturated carbocycles. The Balaban J connectivity index is 1.81. The molecule has 10 nitrogen and oxygen atoms in total. The van der Waals surface area contributed by atoms with E-state index >= 15 is 0 Å². The number of primary amides is 1. The van der Waals surface area contributed by atoms with E-state index < -0.39 is 28.2 Å². The summed E-state index contributed by atoms with van der Waals surface area (Å²) in [7, 11) is 0. The minimum atomic E-state index is -1.25. The Morgan fingerprint density at radius 1 is 1.26 bits per heavy atom. The van der Waals surface area contributed by atoms with Gasteiger partial charge in [-0.2, -0.15) is 9.94 Å². The lowest BCUT2D eigenvalue weighted by molar-refractivity contribution is -0.384. The number of nitriles is 1. The van der Waals surface area contributed by atoms with Crippen molar-refractivity contribution in [2.45, 2.75) is 12.8 Å². The van der Waals surface area contributed by atoms with Gasteiger partial charge in [0.25, 0.3) is 11.2 Å². The number of non-ortho nitro benzene ring substituents is 1. The van der Waals surface area contributed by atoms with E-state index in [2.05, 4.69) is 10.1 Å². The number of H-pyrrole nitrogens is 1. The normalized spacial score (nSPS) is 12.6. The van der Waals surface area contributed by atoms with Crippen LogP contribution in [0, 0.1) is 34.3 Å². The lowest BCUT2D eigenvalue weighted by atomic mass is 9.81. The summed E-state index contributed by atoms with van der Waals surface area (Å²) in [6, 6.07) is 16.7. The first-order valence-corrected chi connectivity index (χ1v) is 11.0. The van der Waals surface area contributed by atoms with E-state index in [-0.39, 0.29) is 11.3 Å². The molecule has 11 heteroatoms. The van der Waals surface area contributed by atoms with Crippen molar-refractivity contribution in [1.82, 2.24) is 14.8 Å². The van der Waals surface area contributed by atoms with Gasteiger partial charge in [-0.15, -0.1) is 11.3 Å². The number of hydrogen-bond acceptors (Lipinski definition) is 7. The number of rotatable bonds is 7. The van der Waals surface area contributed by atoms with Crippen LogP contribution in [-0.4, -0.2) is 25.6 Å². The van der Waals surface area contributed by atoms with Crippen LogP contribution in [-0.2, 0) is 4.79 Å². The molecular formula is C23H18N6O4S. The van der Waals surface area contributed by atoms with Crippen LogP contribution in [0.1, 0.15) is 22.7 Å². The van der Waals surface area contributed by atoms with Gasteiger partial charge < -0.3 is 5.73 Å². The largest absolute Gasteiger partial charge is 0.369 e. The predicted molar refractivity (Wildman–Crippen MR) is 125 cm³/mol. The molecule has 2 aromatic carbocycles. The summed E-state index contributed by atoms with van der Waals surface area (Å²) in [5.74, 6) is -2.95. The first kappa shape index (κ1) is 22.6. The number of carbonyl (C=O) groups excluding carboxylic acids is 1. The minimum absolute atomic E-state index is 0.0677. The average molecular weight is 475 g/mol. The highest BCUT2D eigenvalue weighted by Crippen LogP contribution is 2.33. The first-order valence-electron chi connectivity index (χ1n) is 10.1. The van der Waals surface area contributed by atoms with Crippen LogP contribution in [0.15, 0.2) is 64.8 Å². The summed E-state index contributed by atoms with van der Waals surface area (Å²) in [4.78, 5) is 40.6. The molecule has 2 aromatic heterocycles. The highest BCUT2D eigenvalue weighted by atomic mass is 32.1. The van der Waals surface area contributed by atoms with Gasteiger partial charge in [0.15, 0.2) is 0 Å². The van der Waals surface area contributed by atoms with E-state index in [0.717, 1.165) is 0 Å². The molecule has 2 heterocycles. The Morgan fingerprint density at radius 2 is 2.00 bits per heavy atom. The van der Waals surface area contributed by atoms with Gasteiger partial charge in [-0.3, -0.25) is 24.8 Å². The van der Waals surface area contributed by atoms with Gasteiger partial charge in [0.2, 0.25) is 11.0 Å². The molecule has 0 spiro atoms. The summed E-state index contributed by atoms with van der Waals surface area (Å²) in [6.07, 6.45) is 0. The number of nitrogens with one attached hydrogen (secondary N) is 1. The van der Waals surface area contributed by atoms with Gasteiger partial charge in [-0.25, -0.2) is 4.98 Å². The fraction of sp³-hybridized carbons (Fsp3) is 0.130. The summed E-state index contributed by atoms with van der Waals surface area (Å²) < 4.78 is 1.24. The summed E-state index contributed by atoms with van der Waals surface area (Å²) in [5, 5.41) is 25.7. The number of aromatic amines is 1. The van der Waals surface area contributed by atoms with E-state index in [9.17, 15) is 25.0 Å². The number of amides is 1. The summed E-state index contributed by atoms with van der Waals surface area (Å²) in [5.41, 5.74) is 7.29. The number of nitrogens with two attached hydrogens (primary N) is 1. The van der Waals surface area contributed by atoms with Gasteiger partial charge in [0.05, 0.1) is 16.7 Å². The van der Waals surface area contributed by atoms with Crippen LogP contribution in [0.25, 0.3) is 16.4 Å². The second kappa shape index (κ2) is 9.13. The lowest BCUT2D eigenvalue weighted by Gasteiger charge is -2.19. The van der Waals surface area contributed by atoms with Crippen LogP contribution in [0.3, 0.4) is 0 Å². The average Bonchev–Trinajstić information content (AvgIpc) is 3.42. The number of nitro benzene ring substituents is 1. The highest BCUT2D eigenvalue weighted by Gasteiger charge is 2.34. The Morgan fingerprint density at radius 3 is 2.65 bits per heavy atom. The third kappa shape index (κ3) is 4.10. The Labute approximate surface area is 197 Å². The van der Waals surface area contributed by atoms with E-state index in [1.165, 1.54) is 28.2 Å². The van der Waals surface area contributed by atoms with Gasteiger partial charge in [-0.1, -0.05) is 42.5 Å². The maximum absolute atomic E-state index is 13.5. The summed E-state index contributed by atoms with van der Waals surface area (Å²) >= 11 is 1.17. The van der Waals surface area contributed by atoms with Crippen LogP contribution < -0.4 is 11.3 Å². The fourth-order valence-electron chi connectivity index (χ4n) is 3.83. The molecule has 4 rings (SSSR count). The van der Waals surface area contributed by atoms with Gasteiger partial charge >= 0.3 is 0 Å². The maximum atomic E-state index is 13.5. The number of thiazole rings is 1. The number of nitrogens with zero attached hydrogens (tertiary/aromatic N) is 4. The van der Waals surface area contributed by atoms with Crippen molar-refractivity contribution >= 4 is 22.9 Å². The Hall–Kier alpha value is -4.56. The number of hydrogen-bond donors (Lipinski definition) is 2. The molecule has 0 unspecified atom stereocenters. The second-order valence-electron chi connectivity index (χ2n) is 7.51. The lowest BCUT2D eigenvalue weighted by Crippen LogP contribution is -2.31. The quantitative estimate of drug-likeness (QED) is 0.309. The monoisotopic (exact) mass is 474 g/mol. The molecule has 0 aliphatic heterocycles. The molecule has 0 aliphatic carbocycles. The van der Waals surface area contributed by atoms with Crippen LogP contribution in [0.5, 0.6) is 0 Å². The van der Waals surface area contributed by atoms with Gasteiger partial charge in [-0.05, 0) is 12.5 Å². The number of nitro groups is 1. The Bertz CT molecular complexity index is 1480. The molecule has 0 radical (unpaired) electrons. The number of aryl methyl sites for hydroxylation is 1. The molecule has 0 bridgehead atoms. The second-order valence-corrected chi connectivity index (χ2v) is 8.35. The maximum Gasteiger partial charge on any atom is 0.277 e. The van der Waals surface area contributed by atoms with Crippen molar-refractivity contribution in [2.24, 2.45) is 11.7 Å². The van der Waals surface area contributed by atoms with Crippen LogP contribution in [0.2, 0.25) is 0 Å². The number of aromatic nitrogens is 3. The number of benzene rings is 2. The predicted octanol–water partition coefficient (Wildman–Crippen LogP) is 3.26. The standard InChI is InChI=1S/C23H18N6O4S/c1-13-19(20(17(11-24)21(25)30)14-6-3-2-4-7-14)22(31)28(27-13)23-26-18(12-34-23)15-8-5-9-16(10-15)29(32)33/h2-10,12,17,20,27H,1H3,(H2,25,30)/t17-,20-/m1/s1. The molecule has 34 heavy (non-hydrogen) atoms. The van der Waals surface area contributed by atoms with Crippen molar-refractivity contribution in [3.8, 4) is 22.5 Å². The highest BCUT2D eigenvalue weighted by molar-refractivity contribution is 7.12. The SMILES string of the molecule is Cc1[nH]n(-c2nc(-c3cccc([N+](=O)[O-])c3)cs2)c(=O)c1[C@H](c1ccccc1)[C@@H](C#N)C(N)=O. The molecular weight excluding hydrogens is 456 g/mol. The van der Waals surface area contributed by atoms with Crippen molar-refractivity contribution in [3.05, 3.63) is 97.3 Å². The Kier molecular flexibility index (Phi) is 6.07. The van der Waals surface area contributed by atoms with Crippen LogP contribution in [0.4, 0.5) is 5.69 Å². The molecule has 0 saturated heterocycles. The first-order chi connectivity index (χ1) is 16.3. The third-order valence-corrected chi connectivity index (χ3v) is 6.23. The zero-order chi connectivity index (χ0) is 24.4. The van der Waals surface area contributed by atoms with Crippen molar-refractivity contribution in [1.29, 1.82) is 5.26 Å². The molecule has 3 N–H and O–H groups in total. The zero-order valence-corrected chi connectivity index (χ0v) is 18.7. The fourth-order valence-corrected chi connectivity index (χ4v) is 4.62. The molecule has 2 atom stereocenters. The van der Waals surface area contributed by atoms with Crippen LogP contribution >= 0.6 is 11.3 Å². The van der Waals surface area contributed by atoms with E-state index in [4.69, 9.17) is 5.73 Å². The van der Waals surface area contributed by atoms with E-state index in [1.54, 1.807) is 54.8 Å². The van der Waals surface area contributed by atoms with Gasteiger partial charge in [0, 0.05) is 40.3 Å². The van der Waals surface area contributed by atoms with E-state index in [0.29, 0.717) is 27.6 Å². The molecule has 0 aliphatic rings. The molecule has 1 amide bonds. The number of carbonyl (C=O) groups is 1. The van der Waals surface area contributed by atoms with Gasteiger partial charge in [0.1, 0.15) is 5.92 Å². The zero-order valence-electron chi connectivity index (χ0n) is 17.8.